The van der Waals surface area contributed by atoms with Crippen molar-refractivity contribution in [3.63, 3.8) is 0 Å². The van der Waals surface area contributed by atoms with Gasteiger partial charge in [0.05, 0.1) is 26.4 Å². The van der Waals surface area contributed by atoms with Crippen molar-refractivity contribution in [1.82, 2.24) is 5.43 Å². The molecular formula is C20H24N2O3. The maximum Gasteiger partial charge on any atom is 0.247 e. The predicted molar refractivity (Wildman–Crippen MR) is 99.3 cm³/mol. The van der Waals surface area contributed by atoms with E-state index < -0.39 is 0 Å². The molecule has 0 aliphatic rings. The quantitative estimate of drug-likeness (QED) is 0.619. The summed E-state index contributed by atoms with van der Waals surface area (Å²) in [5.41, 5.74) is 4.42. The summed E-state index contributed by atoms with van der Waals surface area (Å²) in [6.45, 7) is 4.05. The van der Waals surface area contributed by atoms with Gasteiger partial charge in [-0.1, -0.05) is 44.2 Å². The number of amides is 1. The first kappa shape index (κ1) is 18.5. The lowest BCUT2D eigenvalue weighted by molar-refractivity contribution is -0.123. The number of hydrogen-bond donors (Lipinski definition) is 1. The number of methoxy groups -OCH3 is 2. The second kappa shape index (κ2) is 8.87. The molecule has 1 atom stereocenters. The van der Waals surface area contributed by atoms with E-state index in [2.05, 4.69) is 10.5 Å². The topological polar surface area (TPSA) is 59.9 Å². The molecule has 0 radical (unpaired) electrons. The standard InChI is InChI=1S/C20H24N2O3/c1-14(2)19(16-8-6-5-7-9-16)20(23)22-21-13-15-10-11-17(24-3)18(12-15)25-4/h5-14,19H,1-4H3,(H,22,23). The van der Waals surface area contributed by atoms with Crippen LogP contribution >= 0.6 is 0 Å². The van der Waals surface area contributed by atoms with Gasteiger partial charge in [-0.25, -0.2) is 5.43 Å². The second-order valence-electron chi connectivity index (χ2n) is 5.98. The highest BCUT2D eigenvalue weighted by Gasteiger charge is 2.23. The summed E-state index contributed by atoms with van der Waals surface area (Å²) in [4.78, 5) is 12.5. The van der Waals surface area contributed by atoms with E-state index in [0.29, 0.717) is 11.5 Å². The molecule has 0 aliphatic carbocycles. The highest BCUT2D eigenvalue weighted by atomic mass is 16.5. The zero-order valence-electron chi connectivity index (χ0n) is 15.0. The first-order valence-corrected chi connectivity index (χ1v) is 8.16. The molecule has 0 aromatic heterocycles. The average Bonchev–Trinajstić information content (AvgIpc) is 2.62. The highest BCUT2D eigenvalue weighted by Crippen LogP contribution is 2.27. The number of hydrazone groups is 1. The molecule has 1 N–H and O–H groups in total. The van der Waals surface area contributed by atoms with Crippen LogP contribution in [0.25, 0.3) is 0 Å². The molecule has 0 aliphatic heterocycles. The number of rotatable bonds is 7. The normalized spacial score (nSPS) is 12.2. The molecule has 1 amide bonds. The minimum absolute atomic E-state index is 0.127. The summed E-state index contributed by atoms with van der Waals surface area (Å²) in [7, 11) is 3.16. The van der Waals surface area contributed by atoms with Gasteiger partial charge in [0, 0.05) is 0 Å². The van der Waals surface area contributed by atoms with Crippen LogP contribution in [0.4, 0.5) is 0 Å². The van der Waals surface area contributed by atoms with Gasteiger partial charge in [0.1, 0.15) is 0 Å². The minimum Gasteiger partial charge on any atom is -0.493 e. The van der Waals surface area contributed by atoms with Crippen LogP contribution in [0.2, 0.25) is 0 Å². The van der Waals surface area contributed by atoms with Crippen molar-refractivity contribution in [2.45, 2.75) is 19.8 Å². The first-order chi connectivity index (χ1) is 12.1. The molecule has 2 rings (SSSR count). The molecule has 5 nitrogen and oxygen atoms in total. The van der Waals surface area contributed by atoms with E-state index in [1.54, 1.807) is 32.6 Å². The molecule has 0 heterocycles. The molecular weight excluding hydrogens is 316 g/mol. The van der Waals surface area contributed by atoms with Crippen molar-refractivity contribution in [2.24, 2.45) is 11.0 Å². The largest absolute Gasteiger partial charge is 0.493 e. The fraction of sp³-hybridized carbons (Fsp3) is 0.300. The number of carbonyl (C=O) groups is 1. The third-order valence-electron chi connectivity index (χ3n) is 3.90. The highest BCUT2D eigenvalue weighted by molar-refractivity contribution is 5.86. The Morgan fingerprint density at radius 2 is 1.72 bits per heavy atom. The molecule has 2 aromatic carbocycles. The van der Waals surface area contributed by atoms with Gasteiger partial charge in [0.2, 0.25) is 5.91 Å². The van der Waals surface area contributed by atoms with Crippen LogP contribution in [0.1, 0.15) is 30.9 Å². The van der Waals surface area contributed by atoms with Crippen molar-refractivity contribution in [1.29, 1.82) is 0 Å². The third-order valence-corrected chi connectivity index (χ3v) is 3.90. The fourth-order valence-electron chi connectivity index (χ4n) is 2.67. The molecule has 5 heteroatoms. The molecule has 1 unspecified atom stereocenters. The Balaban J connectivity index is 2.08. The summed E-state index contributed by atoms with van der Waals surface area (Å²) < 4.78 is 10.5. The first-order valence-electron chi connectivity index (χ1n) is 8.16. The Labute approximate surface area is 148 Å². The average molecular weight is 340 g/mol. The summed E-state index contributed by atoms with van der Waals surface area (Å²) in [5.74, 6) is 1.05. The van der Waals surface area contributed by atoms with Crippen molar-refractivity contribution >= 4 is 12.1 Å². The maximum atomic E-state index is 12.5. The molecule has 0 bridgehead atoms. The summed E-state index contributed by atoms with van der Waals surface area (Å²) in [6, 6.07) is 15.2. The number of ether oxygens (including phenoxy) is 2. The van der Waals surface area contributed by atoms with Crippen LogP contribution in [0.5, 0.6) is 11.5 Å². The molecule has 25 heavy (non-hydrogen) atoms. The number of carbonyl (C=O) groups excluding carboxylic acids is 1. The Hall–Kier alpha value is -2.82. The molecule has 0 saturated heterocycles. The summed E-state index contributed by atoms with van der Waals surface area (Å²) in [6.07, 6.45) is 1.59. The number of benzene rings is 2. The van der Waals surface area contributed by atoms with Crippen molar-refractivity contribution in [2.75, 3.05) is 14.2 Å². The van der Waals surface area contributed by atoms with Gasteiger partial charge in [0.15, 0.2) is 11.5 Å². The van der Waals surface area contributed by atoms with E-state index >= 15 is 0 Å². The summed E-state index contributed by atoms with van der Waals surface area (Å²) in [5, 5.41) is 4.08. The number of nitrogens with one attached hydrogen (secondary N) is 1. The zero-order valence-corrected chi connectivity index (χ0v) is 15.0. The predicted octanol–water partition coefficient (Wildman–Crippen LogP) is 3.59. The van der Waals surface area contributed by atoms with Crippen LogP contribution in [0.3, 0.4) is 0 Å². The van der Waals surface area contributed by atoms with Crippen molar-refractivity contribution in [3.8, 4) is 11.5 Å². The Kier molecular flexibility index (Phi) is 6.57. The van der Waals surface area contributed by atoms with Gasteiger partial charge in [0.25, 0.3) is 0 Å². The van der Waals surface area contributed by atoms with Gasteiger partial charge in [-0.05, 0) is 35.2 Å². The van der Waals surface area contributed by atoms with Crippen LogP contribution < -0.4 is 14.9 Å². The minimum atomic E-state index is -0.247. The Morgan fingerprint density at radius 1 is 1.04 bits per heavy atom. The van der Waals surface area contributed by atoms with Gasteiger partial charge >= 0.3 is 0 Å². The Morgan fingerprint density at radius 3 is 2.32 bits per heavy atom. The lowest BCUT2D eigenvalue weighted by Gasteiger charge is -2.19. The molecule has 0 spiro atoms. The van der Waals surface area contributed by atoms with Crippen molar-refractivity contribution in [3.05, 3.63) is 59.7 Å². The lowest BCUT2D eigenvalue weighted by atomic mass is 9.88. The van der Waals surface area contributed by atoms with Gasteiger partial charge in [-0.15, -0.1) is 0 Å². The molecule has 0 saturated carbocycles. The van der Waals surface area contributed by atoms with E-state index in [1.807, 2.05) is 50.2 Å². The van der Waals surface area contributed by atoms with E-state index in [4.69, 9.17) is 9.47 Å². The van der Waals surface area contributed by atoms with E-state index in [0.717, 1.165) is 11.1 Å². The van der Waals surface area contributed by atoms with Crippen molar-refractivity contribution < 1.29 is 14.3 Å². The van der Waals surface area contributed by atoms with Crippen LogP contribution in [0, 0.1) is 5.92 Å². The van der Waals surface area contributed by atoms with Crippen LogP contribution in [-0.4, -0.2) is 26.3 Å². The lowest BCUT2D eigenvalue weighted by Crippen LogP contribution is -2.28. The SMILES string of the molecule is COc1ccc(C=NNC(=O)C(c2ccccc2)C(C)C)cc1OC. The van der Waals surface area contributed by atoms with E-state index in [-0.39, 0.29) is 17.7 Å². The smallest absolute Gasteiger partial charge is 0.247 e. The van der Waals surface area contributed by atoms with Gasteiger partial charge < -0.3 is 9.47 Å². The van der Waals surface area contributed by atoms with Gasteiger partial charge in [-0.2, -0.15) is 5.10 Å². The second-order valence-corrected chi connectivity index (χ2v) is 5.98. The number of hydrogen-bond acceptors (Lipinski definition) is 4. The van der Waals surface area contributed by atoms with Gasteiger partial charge in [-0.3, -0.25) is 4.79 Å². The van der Waals surface area contributed by atoms with Crippen LogP contribution in [0.15, 0.2) is 53.6 Å². The van der Waals surface area contributed by atoms with Crippen LogP contribution in [-0.2, 0) is 4.79 Å². The van der Waals surface area contributed by atoms with E-state index in [1.165, 1.54) is 0 Å². The molecule has 132 valence electrons. The third kappa shape index (κ3) is 4.83. The van der Waals surface area contributed by atoms with E-state index in [9.17, 15) is 4.79 Å². The molecule has 2 aromatic rings. The fourth-order valence-corrected chi connectivity index (χ4v) is 2.67. The number of nitrogens with zero attached hydrogens (tertiary/aromatic N) is 1. The molecule has 0 fully saturated rings. The zero-order chi connectivity index (χ0) is 18.2. The maximum absolute atomic E-state index is 12.5. The Bertz CT molecular complexity index is 727. The monoisotopic (exact) mass is 340 g/mol. The summed E-state index contributed by atoms with van der Waals surface area (Å²) >= 11 is 0.